The van der Waals surface area contributed by atoms with E-state index in [2.05, 4.69) is 20.5 Å². The van der Waals surface area contributed by atoms with Crippen molar-refractivity contribution in [3.8, 4) is 0 Å². The molecule has 0 unspecified atom stereocenters. The summed E-state index contributed by atoms with van der Waals surface area (Å²) in [6.45, 7) is 0.340. The van der Waals surface area contributed by atoms with Gasteiger partial charge in [0.15, 0.2) is 0 Å². The molecule has 3 aromatic rings. The molecule has 0 fully saturated rings. The summed E-state index contributed by atoms with van der Waals surface area (Å²) < 4.78 is 16.0. The van der Waals surface area contributed by atoms with E-state index in [1.807, 2.05) is 0 Å². The fourth-order valence-electron chi connectivity index (χ4n) is 2.08. The first-order valence-electron chi connectivity index (χ1n) is 6.65. The molecule has 1 N–H and O–H groups in total. The maximum absolute atomic E-state index is 13.2. The number of hydrogen-bond acceptors (Lipinski definition) is 4. The van der Waals surface area contributed by atoms with Crippen LogP contribution in [0.25, 0.3) is 0 Å². The topological polar surface area (TPSA) is 77.6 Å². The molecular weight excluding hydrogens is 323 g/mol. The van der Waals surface area contributed by atoms with E-state index in [1.165, 1.54) is 34.0 Å². The number of rotatable bonds is 4. The zero-order valence-electron chi connectivity index (χ0n) is 12.1. The number of amides is 1. The van der Waals surface area contributed by atoms with E-state index < -0.39 is 5.91 Å². The molecule has 3 rings (SSSR count). The van der Waals surface area contributed by atoms with Crippen molar-refractivity contribution in [3.05, 3.63) is 58.9 Å². The minimum Gasteiger partial charge on any atom is -0.288 e. The van der Waals surface area contributed by atoms with Crippen LogP contribution in [0.4, 0.5) is 10.3 Å². The summed E-state index contributed by atoms with van der Waals surface area (Å²) in [5.74, 6) is -0.649. The van der Waals surface area contributed by atoms with Gasteiger partial charge in [-0.25, -0.2) is 14.1 Å². The normalized spacial score (nSPS) is 10.7. The molecule has 0 saturated heterocycles. The highest BCUT2D eigenvalue weighted by Gasteiger charge is 2.17. The lowest BCUT2D eigenvalue weighted by Crippen LogP contribution is -2.17. The van der Waals surface area contributed by atoms with Crippen LogP contribution >= 0.6 is 11.6 Å². The molecule has 0 aliphatic rings. The molecule has 118 valence electrons. The van der Waals surface area contributed by atoms with E-state index in [0.717, 1.165) is 5.56 Å². The number of aromatic nitrogens is 5. The molecule has 7 nitrogen and oxygen atoms in total. The molecule has 2 heterocycles. The molecule has 23 heavy (non-hydrogen) atoms. The molecule has 0 atom stereocenters. The highest BCUT2D eigenvalue weighted by Crippen LogP contribution is 2.15. The smallest absolute Gasteiger partial charge is 0.277 e. The van der Waals surface area contributed by atoms with E-state index in [4.69, 9.17) is 11.6 Å². The van der Waals surface area contributed by atoms with Crippen molar-refractivity contribution in [2.24, 2.45) is 7.05 Å². The predicted molar refractivity (Wildman–Crippen MR) is 81.7 cm³/mol. The van der Waals surface area contributed by atoms with Gasteiger partial charge in [-0.2, -0.15) is 5.10 Å². The van der Waals surface area contributed by atoms with E-state index in [-0.39, 0.29) is 22.5 Å². The third-order valence-electron chi connectivity index (χ3n) is 3.10. The van der Waals surface area contributed by atoms with Crippen LogP contribution < -0.4 is 5.32 Å². The van der Waals surface area contributed by atoms with Crippen LogP contribution in [-0.2, 0) is 13.6 Å². The Labute approximate surface area is 135 Å². The number of carbonyl (C=O) groups excluding carboxylic acids is 1. The zero-order chi connectivity index (χ0) is 16.4. The summed E-state index contributed by atoms with van der Waals surface area (Å²) >= 11 is 5.91. The second-order valence-electron chi connectivity index (χ2n) is 4.81. The molecule has 0 spiro atoms. The van der Waals surface area contributed by atoms with Crippen LogP contribution in [0.2, 0.25) is 5.02 Å². The largest absolute Gasteiger partial charge is 0.288 e. The summed E-state index contributed by atoms with van der Waals surface area (Å²) in [4.78, 5) is 16.1. The van der Waals surface area contributed by atoms with E-state index in [9.17, 15) is 9.18 Å². The number of nitrogens with one attached hydrogen (secondary N) is 1. The van der Waals surface area contributed by atoms with E-state index in [1.54, 1.807) is 19.2 Å². The van der Waals surface area contributed by atoms with Crippen LogP contribution in [0.3, 0.4) is 0 Å². The minimum atomic E-state index is -0.460. The lowest BCUT2D eigenvalue weighted by Gasteiger charge is -2.03. The maximum atomic E-state index is 13.2. The van der Waals surface area contributed by atoms with Crippen LogP contribution in [0, 0.1) is 5.82 Å². The average molecular weight is 335 g/mol. The standard InChI is InChI=1S/C14H12ClFN6O/c1-21-12(11(15)6-18-21)13(23)19-14-17-8-22(20-14)7-9-3-2-4-10(16)5-9/h2-6,8H,7H2,1H3,(H,19,20,23). The monoisotopic (exact) mass is 334 g/mol. The molecule has 9 heteroatoms. The predicted octanol–water partition coefficient (Wildman–Crippen LogP) is 2.10. The summed E-state index contributed by atoms with van der Waals surface area (Å²) in [7, 11) is 1.61. The van der Waals surface area contributed by atoms with Crippen molar-refractivity contribution in [1.29, 1.82) is 0 Å². The first-order valence-corrected chi connectivity index (χ1v) is 7.03. The molecule has 1 amide bonds. The second kappa shape index (κ2) is 6.17. The van der Waals surface area contributed by atoms with E-state index in [0.29, 0.717) is 6.54 Å². The Hall–Kier alpha value is -2.74. The van der Waals surface area contributed by atoms with Crippen LogP contribution in [0.5, 0.6) is 0 Å². The van der Waals surface area contributed by atoms with Gasteiger partial charge in [0.25, 0.3) is 5.91 Å². The fourth-order valence-corrected chi connectivity index (χ4v) is 2.33. The maximum Gasteiger partial charge on any atom is 0.277 e. The SMILES string of the molecule is Cn1ncc(Cl)c1C(=O)Nc1ncn(Cc2cccc(F)c2)n1. The van der Waals surface area contributed by atoms with Crippen molar-refractivity contribution in [3.63, 3.8) is 0 Å². The number of hydrogen-bond donors (Lipinski definition) is 1. The van der Waals surface area contributed by atoms with Crippen molar-refractivity contribution >= 4 is 23.5 Å². The number of anilines is 1. The van der Waals surface area contributed by atoms with Gasteiger partial charge in [-0.3, -0.25) is 14.8 Å². The summed E-state index contributed by atoms with van der Waals surface area (Å²) in [5.41, 5.74) is 0.954. The van der Waals surface area contributed by atoms with Crippen molar-refractivity contribution < 1.29 is 9.18 Å². The number of halogens is 2. The third kappa shape index (κ3) is 3.37. The average Bonchev–Trinajstić information content (AvgIpc) is 3.06. The Kier molecular flexibility index (Phi) is 4.07. The highest BCUT2D eigenvalue weighted by molar-refractivity contribution is 6.34. The Morgan fingerprint density at radius 3 is 2.96 bits per heavy atom. The fraction of sp³-hybridized carbons (Fsp3) is 0.143. The second-order valence-corrected chi connectivity index (χ2v) is 5.22. The van der Waals surface area contributed by atoms with Gasteiger partial charge in [0, 0.05) is 7.05 Å². The van der Waals surface area contributed by atoms with Crippen LogP contribution in [0.15, 0.2) is 36.8 Å². The summed E-state index contributed by atoms with van der Waals surface area (Å²) in [5, 5.41) is 10.8. The van der Waals surface area contributed by atoms with Gasteiger partial charge in [0.1, 0.15) is 17.8 Å². The van der Waals surface area contributed by atoms with Gasteiger partial charge in [-0.15, -0.1) is 5.10 Å². The molecule has 1 aromatic carbocycles. The Morgan fingerprint density at radius 2 is 2.26 bits per heavy atom. The van der Waals surface area contributed by atoms with E-state index >= 15 is 0 Å². The van der Waals surface area contributed by atoms with Gasteiger partial charge in [0.05, 0.1) is 17.8 Å². The highest BCUT2D eigenvalue weighted by atomic mass is 35.5. The first kappa shape index (κ1) is 15.2. The lowest BCUT2D eigenvalue weighted by atomic mass is 10.2. The number of carbonyl (C=O) groups is 1. The summed E-state index contributed by atoms with van der Waals surface area (Å²) in [6.07, 6.45) is 2.83. The number of benzene rings is 1. The Balaban J connectivity index is 1.71. The molecule has 0 aliphatic heterocycles. The first-order chi connectivity index (χ1) is 11.0. The molecule has 2 aromatic heterocycles. The van der Waals surface area contributed by atoms with Crippen molar-refractivity contribution in [2.75, 3.05) is 5.32 Å². The molecule has 0 bridgehead atoms. The molecular formula is C14H12ClFN6O. The van der Waals surface area contributed by atoms with Gasteiger partial charge >= 0.3 is 0 Å². The third-order valence-corrected chi connectivity index (χ3v) is 3.38. The van der Waals surface area contributed by atoms with Crippen LogP contribution in [0.1, 0.15) is 16.1 Å². The van der Waals surface area contributed by atoms with Gasteiger partial charge in [-0.05, 0) is 17.7 Å². The van der Waals surface area contributed by atoms with Gasteiger partial charge < -0.3 is 0 Å². The number of nitrogens with zero attached hydrogens (tertiary/aromatic N) is 5. The zero-order valence-corrected chi connectivity index (χ0v) is 12.8. The summed E-state index contributed by atoms with van der Waals surface area (Å²) in [6, 6.07) is 6.18. The molecule has 0 aliphatic carbocycles. The Bertz CT molecular complexity index is 839. The van der Waals surface area contributed by atoms with Crippen molar-refractivity contribution in [1.82, 2.24) is 24.5 Å². The molecule has 0 radical (unpaired) electrons. The van der Waals surface area contributed by atoms with Gasteiger partial charge in [0.2, 0.25) is 5.95 Å². The van der Waals surface area contributed by atoms with Crippen molar-refractivity contribution in [2.45, 2.75) is 6.54 Å². The van der Waals surface area contributed by atoms with Gasteiger partial charge in [-0.1, -0.05) is 23.7 Å². The van der Waals surface area contributed by atoms with Crippen LogP contribution in [-0.4, -0.2) is 30.5 Å². The lowest BCUT2D eigenvalue weighted by molar-refractivity contribution is 0.101. The quantitative estimate of drug-likeness (QED) is 0.792. The Morgan fingerprint density at radius 1 is 1.43 bits per heavy atom. The minimum absolute atomic E-state index is 0.128. The number of aryl methyl sites for hydroxylation is 1. The molecule has 0 saturated carbocycles.